The SMILES string of the molecule is CCC(C)c1ccc(C(N)Cc2ccc(F)cc2)cc1. The van der Waals surface area contributed by atoms with Gasteiger partial charge in [-0.15, -0.1) is 0 Å². The van der Waals surface area contributed by atoms with Crippen molar-refractivity contribution in [2.75, 3.05) is 0 Å². The second-order valence-electron chi connectivity index (χ2n) is 5.41. The quantitative estimate of drug-likeness (QED) is 0.846. The van der Waals surface area contributed by atoms with Crippen molar-refractivity contribution in [3.05, 3.63) is 71.0 Å². The molecule has 0 aromatic heterocycles. The van der Waals surface area contributed by atoms with Gasteiger partial charge in [0.2, 0.25) is 0 Å². The molecule has 0 amide bonds. The van der Waals surface area contributed by atoms with E-state index in [1.807, 2.05) is 0 Å². The summed E-state index contributed by atoms with van der Waals surface area (Å²) in [6, 6.07) is 15.0. The molecule has 0 saturated carbocycles. The molecule has 0 aliphatic rings. The predicted octanol–water partition coefficient (Wildman–Crippen LogP) is 4.58. The molecule has 106 valence electrons. The van der Waals surface area contributed by atoms with Crippen molar-refractivity contribution in [3.63, 3.8) is 0 Å². The highest BCUT2D eigenvalue weighted by Crippen LogP contribution is 2.22. The van der Waals surface area contributed by atoms with Crippen molar-refractivity contribution in [1.82, 2.24) is 0 Å². The molecule has 2 aromatic rings. The van der Waals surface area contributed by atoms with Crippen molar-refractivity contribution in [3.8, 4) is 0 Å². The summed E-state index contributed by atoms with van der Waals surface area (Å²) in [6.07, 6.45) is 1.87. The molecule has 2 unspecified atom stereocenters. The summed E-state index contributed by atoms with van der Waals surface area (Å²) in [5, 5.41) is 0. The van der Waals surface area contributed by atoms with Crippen LogP contribution < -0.4 is 5.73 Å². The summed E-state index contributed by atoms with van der Waals surface area (Å²) in [5.41, 5.74) is 9.77. The van der Waals surface area contributed by atoms with Crippen LogP contribution in [-0.4, -0.2) is 0 Å². The average Bonchev–Trinajstić information content (AvgIpc) is 2.49. The molecule has 0 heterocycles. The standard InChI is InChI=1S/C18H22FN/c1-3-13(2)15-6-8-16(9-7-15)18(20)12-14-4-10-17(19)11-5-14/h4-11,13,18H,3,12,20H2,1-2H3. The first-order chi connectivity index (χ1) is 9.60. The minimum atomic E-state index is -0.208. The van der Waals surface area contributed by atoms with Gasteiger partial charge in [0.25, 0.3) is 0 Å². The van der Waals surface area contributed by atoms with Gasteiger partial charge in [0.1, 0.15) is 5.82 Å². The molecule has 0 aliphatic heterocycles. The normalized spacial score (nSPS) is 14.0. The summed E-state index contributed by atoms with van der Waals surface area (Å²) in [5.74, 6) is 0.373. The van der Waals surface area contributed by atoms with Gasteiger partial charge in [-0.25, -0.2) is 4.39 Å². The fourth-order valence-electron chi connectivity index (χ4n) is 2.30. The number of hydrogen-bond acceptors (Lipinski definition) is 1. The third-order valence-electron chi connectivity index (χ3n) is 3.91. The van der Waals surface area contributed by atoms with Crippen molar-refractivity contribution < 1.29 is 4.39 Å². The third kappa shape index (κ3) is 3.67. The van der Waals surface area contributed by atoms with E-state index in [4.69, 9.17) is 5.73 Å². The van der Waals surface area contributed by atoms with Crippen LogP contribution in [0.5, 0.6) is 0 Å². The van der Waals surface area contributed by atoms with Crippen molar-refractivity contribution in [2.45, 2.75) is 38.6 Å². The smallest absolute Gasteiger partial charge is 0.123 e. The first-order valence-electron chi connectivity index (χ1n) is 7.20. The zero-order valence-electron chi connectivity index (χ0n) is 12.1. The van der Waals surface area contributed by atoms with Crippen LogP contribution in [0.1, 0.15) is 48.9 Å². The maximum Gasteiger partial charge on any atom is 0.123 e. The molecular formula is C18H22FN. The van der Waals surface area contributed by atoms with Gasteiger partial charge in [0.15, 0.2) is 0 Å². The van der Waals surface area contributed by atoms with Crippen molar-refractivity contribution in [1.29, 1.82) is 0 Å². The van der Waals surface area contributed by atoms with Gasteiger partial charge in [-0.2, -0.15) is 0 Å². The van der Waals surface area contributed by atoms with Crippen LogP contribution in [0.3, 0.4) is 0 Å². The van der Waals surface area contributed by atoms with Crippen LogP contribution in [-0.2, 0) is 6.42 Å². The van der Waals surface area contributed by atoms with Gasteiger partial charge in [-0.3, -0.25) is 0 Å². The molecule has 0 spiro atoms. The summed E-state index contributed by atoms with van der Waals surface area (Å²) in [7, 11) is 0. The van der Waals surface area contributed by atoms with E-state index in [-0.39, 0.29) is 11.9 Å². The number of hydrogen-bond donors (Lipinski definition) is 1. The van der Waals surface area contributed by atoms with Crippen LogP contribution >= 0.6 is 0 Å². The predicted molar refractivity (Wildman–Crippen MR) is 82.2 cm³/mol. The first kappa shape index (κ1) is 14.7. The first-order valence-corrected chi connectivity index (χ1v) is 7.20. The van der Waals surface area contributed by atoms with Gasteiger partial charge in [-0.1, -0.05) is 50.2 Å². The Morgan fingerprint density at radius 2 is 1.50 bits per heavy atom. The minimum absolute atomic E-state index is 0.0496. The lowest BCUT2D eigenvalue weighted by atomic mass is 9.94. The molecular weight excluding hydrogens is 249 g/mol. The maximum atomic E-state index is 12.9. The molecule has 0 radical (unpaired) electrons. The Morgan fingerprint density at radius 3 is 2.05 bits per heavy atom. The molecule has 1 nitrogen and oxygen atoms in total. The summed E-state index contributed by atoms with van der Waals surface area (Å²) >= 11 is 0. The molecule has 0 fully saturated rings. The Kier molecular flexibility index (Phi) is 4.91. The van der Waals surface area contributed by atoms with Crippen LogP contribution in [0, 0.1) is 5.82 Å². The van der Waals surface area contributed by atoms with Gasteiger partial charge < -0.3 is 5.73 Å². The number of nitrogens with two attached hydrogens (primary N) is 1. The molecule has 20 heavy (non-hydrogen) atoms. The molecule has 2 rings (SSSR count). The molecule has 0 aliphatic carbocycles. The van der Waals surface area contributed by atoms with Gasteiger partial charge in [-0.05, 0) is 47.6 Å². The van der Waals surface area contributed by atoms with Crippen molar-refractivity contribution >= 4 is 0 Å². The highest BCUT2D eigenvalue weighted by Gasteiger charge is 2.09. The van der Waals surface area contributed by atoms with Gasteiger partial charge in [0, 0.05) is 6.04 Å². The zero-order valence-corrected chi connectivity index (χ0v) is 12.1. The van der Waals surface area contributed by atoms with E-state index in [0.717, 1.165) is 24.0 Å². The van der Waals surface area contributed by atoms with E-state index in [1.165, 1.54) is 17.7 Å². The zero-order chi connectivity index (χ0) is 14.5. The van der Waals surface area contributed by atoms with E-state index in [0.29, 0.717) is 5.92 Å². The van der Waals surface area contributed by atoms with Gasteiger partial charge >= 0.3 is 0 Å². The molecule has 2 aromatic carbocycles. The highest BCUT2D eigenvalue weighted by atomic mass is 19.1. The molecule has 2 heteroatoms. The lowest BCUT2D eigenvalue weighted by molar-refractivity contribution is 0.625. The topological polar surface area (TPSA) is 26.0 Å². The number of halogens is 1. The Balaban J connectivity index is 2.05. The Hall–Kier alpha value is -1.67. The van der Waals surface area contributed by atoms with E-state index in [1.54, 1.807) is 12.1 Å². The minimum Gasteiger partial charge on any atom is -0.324 e. The van der Waals surface area contributed by atoms with Crippen molar-refractivity contribution in [2.24, 2.45) is 5.73 Å². The average molecular weight is 271 g/mol. The third-order valence-corrected chi connectivity index (χ3v) is 3.91. The van der Waals surface area contributed by atoms with Crippen LogP contribution in [0.25, 0.3) is 0 Å². The van der Waals surface area contributed by atoms with E-state index in [2.05, 4.69) is 38.1 Å². The van der Waals surface area contributed by atoms with E-state index in [9.17, 15) is 4.39 Å². The lowest BCUT2D eigenvalue weighted by Gasteiger charge is -2.14. The largest absolute Gasteiger partial charge is 0.324 e. The molecule has 0 saturated heterocycles. The molecule has 2 N–H and O–H groups in total. The lowest BCUT2D eigenvalue weighted by Crippen LogP contribution is -2.13. The Bertz CT molecular complexity index is 530. The number of benzene rings is 2. The fraction of sp³-hybridized carbons (Fsp3) is 0.333. The molecule has 2 atom stereocenters. The van der Waals surface area contributed by atoms with Crippen LogP contribution in [0.15, 0.2) is 48.5 Å². The fourth-order valence-corrected chi connectivity index (χ4v) is 2.30. The number of rotatable bonds is 5. The van der Waals surface area contributed by atoms with Crippen LogP contribution in [0.2, 0.25) is 0 Å². The second-order valence-corrected chi connectivity index (χ2v) is 5.41. The van der Waals surface area contributed by atoms with Gasteiger partial charge in [0.05, 0.1) is 0 Å². The second kappa shape index (κ2) is 6.67. The van der Waals surface area contributed by atoms with E-state index < -0.39 is 0 Å². The summed E-state index contributed by atoms with van der Waals surface area (Å²) in [6.45, 7) is 4.42. The Morgan fingerprint density at radius 1 is 0.950 bits per heavy atom. The van der Waals surface area contributed by atoms with Crippen LogP contribution in [0.4, 0.5) is 4.39 Å². The monoisotopic (exact) mass is 271 g/mol. The Labute approximate surface area is 120 Å². The summed E-state index contributed by atoms with van der Waals surface area (Å²) in [4.78, 5) is 0. The summed E-state index contributed by atoms with van der Waals surface area (Å²) < 4.78 is 12.9. The molecule has 0 bridgehead atoms. The maximum absolute atomic E-state index is 12.9. The highest BCUT2D eigenvalue weighted by molar-refractivity contribution is 5.28. The van der Waals surface area contributed by atoms with E-state index >= 15 is 0 Å².